The van der Waals surface area contributed by atoms with E-state index in [0.717, 1.165) is 76.7 Å². The van der Waals surface area contributed by atoms with Gasteiger partial charge in [-0.1, -0.05) is 36.1 Å². The van der Waals surface area contributed by atoms with Gasteiger partial charge in [0.15, 0.2) is 0 Å². The van der Waals surface area contributed by atoms with Crippen LogP contribution in [0.2, 0.25) is 5.02 Å². The summed E-state index contributed by atoms with van der Waals surface area (Å²) in [7, 11) is 2.18. The van der Waals surface area contributed by atoms with E-state index in [2.05, 4.69) is 73.2 Å². The Balaban J connectivity index is 2.01. The predicted molar refractivity (Wildman–Crippen MR) is 136 cm³/mol. The zero-order valence-corrected chi connectivity index (χ0v) is 20.4. The molecule has 1 aliphatic heterocycles. The molecule has 2 bridgehead atoms. The summed E-state index contributed by atoms with van der Waals surface area (Å²) < 4.78 is 0. The van der Waals surface area contributed by atoms with E-state index in [1.807, 2.05) is 19.1 Å². The van der Waals surface area contributed by atoms with Crippen molar-refractivity contribution in [2.75, 3.05) is 33.2 Å². The van der Waals surface area contributed by atoms with Crippen LogP contribution < -0.4 is 0 Å². The smallest absolute Gasteiger partial charge is 0.0953 e. The van der Waals surface area contributed by atoms with Crippen molar-refractivity contribution in [3.63, 3.8) is 0 Å². The SMILES string of the molecule is C=C(C)c1cc(Cl)cc2c1CC=C=C(N1CCN(C)CC1)C1=C=C(C)C=C=C(C)C2C1=C. The number of nitrogens with zero attached hydrogens (tertiary/aromatic N) is 2. The zero-order chi connectivity index (χ0) is 23.0. The molecule has 2 aliphatic carbocycles. The number of likely N-dealkylation sites (N-methyl/N-ethyl adjacent to an activating group) is 1. The van der Waals surface area contributed by atoms with Gasteiger partial charge in [-0.25, -0.2) is 0 Å². The Hall–Kier alpha value is -2.69. The van der Waals surface area contributed by atoms with Crippen LogP contribution in [-0.2, 0) is 6.42 Å². The molecule has 0 radical (unpaired) electrons. The highest BCUT2D eigenvalue weighted by Crippen LogP contribution is 2.43. The molecule has 164 valence electrons. The number of benzene rings is 1. The summed E-state index contributed by atoms with van der Waals surface area (Å²) in [6.07, 6.45) is 4.95. The largest absolute Gasteiger partial charge is 0.362 e. The number of fused-ring (bicyclic) bond motifs is 4. The number of rotatable bonds is 2. The molecule has 4 rings (SSSR count). The first-order chi connectivity index (χ1) is 15.3. The number of halogens is 1. The van der Waals surface area contributed by atoms with Gasteiger partial charge < -0.3 is 9.80 Å². The summed E-state index contributed by atoms with van der Waals surface area (Å²) in [6, 6.07) is 4.12. The lowest BCUT2D eigenvalue weighted by molar-refractivity contribution is 0.189. The van der Waals surface area contributed by atoms with Crippen LogP contribution in [-0.4, -0.2) is 43.0 Å². The van der Waals surface area contributed by atoms with Crippen molar-refractivity contribution in [2.45, 2.75) is 33.1 Å². The van der Waals surface area contributed by atoms with Crippen LogP contribution in [0.15, 0.2) is 82.6 Å². The van der Waals surface area contributed by atoms with Gasteiger partial charge in [-0.15, -0.1) is 11.5 Å². The van der Waals surface area contributed by atoms with Gasteiger partial charge in [0, 0.05) is 37.1 Å². The molecule has 3 aliphatic rings. The highest BCUT2D eigenvalue weighted by Gasteiger charge is 2.30. The summed E-state index contributed by atoms with van der Waals surface area (Å²) in [5, 5.41) is 0.723. The fourth-order valence-corrected chi connectivity index (χ4v) is 5.01. The summed E-state index contributed by atoms with van der Waals surface area (Å²) in [5.41, 5.74) is 20.6. The molecule has 3 heteroatoms. The third kappa shape index (κ3) is 4.30. The van der Waals surface area contributed by atoms with Crippen molar-refractivity contribution < 1.29 is 0 Å². The molecule has 0 N–H and O–H groups in total. The Morgan fingerprint density at radius 3 is 2.53 bits per heavy atom. The number of hydrogen-bond acceptors (Lipinski definition) is 2. The third-order valence-electron chi connectivity index (χ3n) is 6.56. The highest BCUT2D eigenvalue weighted by molar-refractivity contribution is 6.30. The van der Waals surface area contributed by atoms with Crippen molar-refractivity contribution >= 4 is 17.2 Å². The maximum atomic E-state index is 6.61. The summed E-state index contributed by atoms with van der Waals surface area (Å²) in [5.74, 6) is -0.0237. The molecule has 0 spiro atoms. The Morgan fingerprint density at radius 1 is 1.12 bits per heavy atom. The van der Waals surface area contributed by atoms with Gasteiger partial charge in [-0.3, -0.25) is 0 Å². The third-order valence-corrected chi connectivity index (χ3v) is 6.78. The van der Waals surface area contributed by atoms with Crippen LogP contribution in [0.4, 0.5) is 0 Å². The lowest BCUT2D eigenvalue weighted by Gasteiger charge is -2.36. The van der Waals surface area contributed by atoms with Crippen molar-refractivity contribution in [1.29, 1.82) is 0 Å². The van der Waals surface area contributed by atoms with Crippen molar-refractivity contribution in [3.8, 4) is 0 Å². The number of hydrogen-bond donors (Lipinski definition) is 0. The molecule has 1 aromatic carbocycles. The molecule has 32 heavy (non-hydrogen) atoms. The van der Waals surface area contributed by atoms with Gasteiger partial charge >= 0.3 is 0 Å². The average molecular weight is 443 g/mol. The minimum atomic E-state index is -0.0237. The van der Waals surface area contributed by atoms with Gasteiger partial charge in [0.2, 0.25) is 0 Å². The Morgan fingerprint density at radius 2 is 1.84 bits per heavy atom. The van der Waals surface area contributed by atoms with E-state index in [-0.39, 0.29) is 5.92 Å². The summed E-state index contributed by atoms with van der Waals surface area (Å²) in [4.78, 5) is 4.80. The second-order valence-corrected chi connectivity index (χ2v) is 9.54. The fourth-order valence-electron chi connectivity index (χ4n) is 4.78. The molecule has 1 unspecified atom stereocenters. The zero-order valence-electron chi connectivity index (χ0n) is 19.6. The molecule has 0 amide bonds. The monoisotopic (exact) mass is 442 g/mol. The van der Waals surface area contributed by atoms with E-state index >= 15 is 0 Å². The molecule has 1 saturated heterocycles. The second kappa shape index (κ2) is 9.05. The first kappa shape index (κ1) is 22.5. The molecule has 0 saturated carbocycles. The molecule has 1 aromatic rings. The van der Waals surface area contributed by atoms with Gasteiger partial charge in [-0.05, 0) is 91.9 Å². The molecular formula is C29H31ClN2. The molecular weight excluding hydrogens is 412 g/mol. The van der Waals surface area contributed by atoms with Gasteiger partial charge in [-0.2, -0.15) is 0 Å². The summed E-state index contributed by atoms with van der Waals surface area (Å²) >= 11 is 6.61. The van der Waals surface area contributed by atoms with Gasteiger partial charge in [0.25, 0.3) is 0 Å². The van der Waals surface area contributed by atoms with E-state index < -0.39 is 0 Å². The molecule has 0 aromatic heterocycles. The van der Waals surface area contributed by atoms with E-state index in [1.165, 1.54) is 11.1 Å². The summed E-state index contributed by atoms with van der Waals surface area (Å²) in [6.45, 7) is 19.1. The Bertz CT molecular complexity index is 1200. The van der Waals surface area contributed by atoms with E-state index in [1.54, 1.807) is 0 Å². The van der Waals surface area contributed by atoms with Crippen LogP contribution in [0.1, 0.15) is 43.4 Å². The van der Waals surface area contributed by atoms with Crippen LogP contribution in [0, 0.1) is 0 Å². The Labute approximate surface area is 197 Å². The molecule has 2 nitrogen and oxygen atoms in total. The quantitative estimate of drug-likeness (QED) is 0.486. The topological polar surface area (TPSA) is 6.48 Å². The maximum Gasteiger partial charge on any atom is 0.0953 e. The first-order valence-corrected chi connectivity index (χ1v) is 11.6. The number of allylic oxidation sites excluding steroid dienone is 3. The van der Waals surface area contributed by atoms with Crippen LogP contribution in [0.3, 0.4) is 0 Å². The van der Waals surface area contributed by atoms with E-state index in [0.29, 0.717) is 0 Å². The maximum absolute atomic E-state index is 6.61. The van der Waals surface area contributed by atoms with Gasteiger partial charge in [0.05, 0.1) is 11.3 Å². The standard InChI is InChI=1S/C29H31ClN2/c1-19(2)25-17-23(30)18-27-24(25)8-7-9-28(32-14-12-31(6)13-15-32)26-16-20(3)10-11-21(4)29(27)22(26)5/h7,10,17-18,29H,1,5,8,12-15H2,2-4,6H3. The Kier molecular flexibility index (Phi) is 6.36. The van der Waals surface area contributed by atoms with E-state index in [4.69, 9.17) is 11.6 Å². The predicted octanol–water partition coefficient (Wildman–Crippen LogP) is 6.44. The lowest BCUT2D eigenvalue weighted by Crippen LogP contribution is -2.44. The minimum Gasteiger partial charge on any atom is -0.362 e. The van der Waals surface area contributed by atoms with Gasteiger partial charge in [0.1, 0.15) is 0 Å². The highest BCUT2D eigenvalue weighted by atomic mass is 35.5. The van der Waals surface area contributed by atoms with Crippen LogP contribution >= 0.6 is 11.6 Å². The van der Waals surface area contributed by atoms with Crippen molar-refractivity contribution in [1.82, 2.24) is 9.80 Å². The lowest BCUT2D eigenvalue weighted by atomic mass is 9.78. The molecule has 1 fully saturated rings. The van der Waals surface area contributed by atoms with Crippen LogP contribution in [0.5, 0.6) is 0 Å². The van der Waals surface area contributed by atoms with Crippen molar-refractivity contribution in [3.05, 3.63) is 104 Å². The van der Waals surface area contributed by atoms with E-state index in [9.17, 15) is 0 Å². The average Bonchev–Trinajstić information content (AvgIpc) is 2.80. The second-order valence-electron chi connectivity index (χ2n) is 9.11. The number of piperazine rings is 1. The fraction of sp³-hybridized carbons (Fsp3) is 0.345. The normalized spacial score (nSPS) is 21.2. The molecule has 1 heterocycles. The first-order valence-electron chi connectivity index (χ1n) is 11.2. The molecule has 1 atom stereocenters. The van der Waals surface area contributed by atoms with Crippen molar-refractivity contribution in [2.24, 2.45) is 0 Å². The van der Waals surface area contributed by atoms with Crippen LogP contribution in [0.25, 0.3) is 5.57 Å². The minimum absolute atomic E-state index is 0.0237.